The fourth-order valence-corrected chi connectivity index (χ4v) is 6.23. The van der Waals surface area contributed by atoms with Crippen LogP contribution in [-0.4, -0.2) is 77.5 Å². The second kappa shape index (κ2) is 12.1. The molecule has 0 N–H and O–H groups in total. The van der Waals surface area contributed by atoms with E-state index in [0.717, 1.165) is 71.7 Å². The quantitative estimate of drug-likeness (QED) is 0.266. The molecule has 2 aliphatic rings. The highest BCUT2D eigenvalue weighted by atomic mass is 16.5. The number of anilines is 1. The number of aryl methyl sites for hydroxylation is 1. The first-order valence-electron chi connectivity index (χ1n) is 15.1. The SMILES string of the molecule is Cc1ncn(Cc2ccc(N3CCOCC3)cc2)c1Cn1cc(C(=O)N2CCOCC2)c(-c2cccc3ccccc23)c1. The van der Waals surface area contributed by atoms with Crippen molar-refractivity contribution in [2.45, 2.75) is 20.0 Å². The molecule has 0 aliphatic carbocycles. The van der Waals surface area contributed by atoms with Gasteiger partial charge in [-0.15, -0.1) is 0 Å². The number of hydrogen-bond donors (Lipinski definition) is 0. The van der Waals surface area contributed by atoms with E-state index in [2.05, 4.69) is 98.9 Å². The number of amides is 1. The second-order valence-corrected chi connectivity index (χ2v) is 11.4. The first-order valence-corrected chi connectivity index (χ1v) is 15.1. The number of morpholine rings is 2. The van der Waals surface area contributed by atoms with E-state index >= 15 is 0 Å². The van der Waals surface area contributed by atoms with Crippen molar-refractivity contribution in [3.63, 3.8) is 0 Å². The summed E-state index contributed by atoms with van der Waals surface area (Å²) in [5.74, 6) is 0.0515. The molecule has 2 saturated heterocycles. The maximum atomic E-state index is 13.9. The van der Waals surface area contributed by atoms with Gasteiger partial charge in [-0.3, -0.25) is 4.79 Å². The monoisotopic (exact) mass is 575 g/mol. The molecular weight excluding hydrogens is 538 g/mol. The first kappa shape index (κ1) is 27.4. The van der Waals surface area contributed by atoms with Gasteiger partial charge in [0.25, 0.3) is 5.91 Å². The zero-order valence-corrected chi connectivity index (χ0v) is 24.6. The normalized spacial score (nSPS) is 15.7. The van der Waals surface area contributed by atoms with Crippen LogP contribution in [-0.2, 0) is 22.6 Å². The van der Waals surface area contributed by atoms with Gasteiger partial charge < -0.3 is 28.4 Å². The van der Waals surface area contributed by atoms with Crippen molar-refractivity contribution in [1.82, 2.24) is 19.0 Å². The van der Waals surface area contributed by atoms with Gasteiger partial charge in [-0.25, -0.2) is 4.98 Å². The van der Waals surface area contributed by atoms with Crippen molar-refractivity contribution >= 4 is 22.4 Å². The number of rotatable bonds is 7. The number of carbonyl (C=O) groups is 1. The summed E-state index contributed by atoms with van der Waals surface area (Å²) in [6, 6.07) is 23.5. The minimum atomic E-state index is 0.0515. The number of imidazole rings is 1. The third-order valence-corrected chi connectivity index (χ3v) is 8.64. The molecule has 2 aliphatic heterocycles. The van der Waals surface area contributed by atoms with Gasteiger partial charge in [0.15, 0.2) is 0 Å². The largest absolute Gasteiger partial charge is 0.378 e. The van der Waals surface area contributed by atoms with E-state index in [9.17, 15) is 4.79 Å². The van der Waals surface area contributed by atoms with Crippen LogP contribution in [0.1, 0.15) is 27.3 Å². The minimum absolute atomic E-state index is 0.0515. The van der Waals surface area contributed by atoms with Crippen LogP contribution in [0.15, 0.2) is 85.5 Å². The van der Waals surface area contributed by atoms with Crippen LogP contribution in [0, 0.1) is 6.92 Å². The van der Waals surface area contributed by atoms with Crippen LogP contribution in [0.25, 0.3) is 21.9 Å². The molecule has 7 rings (SSSR count). The highest BCUT2D eigenvalue weighted by molar-refractivity contribution is 6.06. The molecule has 0 spiro atoms. The number of ether oxygens (including phenoxy) is 2. The predicted molar refractivity (Wildman–Crippen MR) is 169 cm³/mol. The smallest absolute Gasteiger partial charge is 0.256 e. The zero-order chi connectivity index (χ0) is 29.2. The molecule has 220 valence electrons. The van der Waals surface area contributed by atoms with Gasteiger partial charge in [0.05, 0.1) is 56.3 Å². The van der Waals surface area contributed by atoms with Gasteiger partial charge in [-0.2, -0.15) is 0 Å². The molecule has 0 radical (unpaired) electrons. The number of fused-ring (bicyclic) bond motifs is 1. The minimum Gasteiger partial charge on any atom is -0.378 e. The summed E-state index contributed by atoms with van der Waals surface area (Å²) < 4.78 is 15.4. The lowest BCUT2D eigenvalue weighted by atomic mass is 9.97. The Kier molecular flexibility index (Phi) is 7.70. The summed E-state index contributed by atoms with van der Waals surface area (Å²) >= 11 is 0. The number of hydrogen-bond acceptors (Lipinski definition) is 5. The second-order valence-electron chi connectivity index (χ2n) is 11.4. The average molecular weight is 576 g/mol. The Morgan fingerprint density at radius 1 is 0.791 bits per heavy atom. The third kappa shape index (κ3) is 5.68. The highest BCUT2D eigenvalue weighted by Crippen LogP contribution is 2.33. The molecule has 4 heterocycles. The number of carbonyl (C=O) groups excluding carboxylic acids is 1. The molecule has 2 aromatic heterocycles. The van der Waals surface area contributed by atoms with Gasteiger partial charge in [0.2, 0.25) is 0 Å². The van der Waals surface area contributed by atoms with E-state index in [4.69, 9.17) is 9.47 Å². The van der Waals surface area contributed by atoms with E-state index in [1.165, 1.54) is 11.3 Å². The molecule has 0 bridgehead atoms. The summed E-state index contributed by atoms with van der Waals surface area (Å²) in [7, 11) is 0. The lowest BCUT2D eigenvalue weighted by Crippen LogP contribution is -2.40. The van der Waals surface area contributed by atoms with Gasteiger partial charge in [0.1, 0.15) is 0 Å². The Morgan fingerprint density at radius 3 is 2.30 bits per heavy atom. The lowest BCUT2D eigenvalue weighted by molar-refractivity contribution is 0.0303. The fourth-order valence-electron chi connectivity index (χ4n) is 6.23. The Morgan fingerprint density at radius 2 is 1.51 bits per heavy atom. The van der Waals surface area contributed by atoms with Crippen molar-refractivity contribution in [2.75, 3.05) is 57.5 Å². The molecule has 1 amide bonds. The van der Waals surface area contributed by atoms with Crippen molar-refractivity contribution in [2.24, 2.45) is 0 Å². The van der Waals surface area contributed by atoms with Crippen molar-refractivity contribution in [1.29, 1.82) is 0 Å². The third-order valence-electron chi connectivity index (χ3n) is 8.64. The molecular formula is C35H37N5O3. The Labute approximate surface area is 252 Å². The van der Waals surface area contributed by atoms with E-state index in [1.54, 1.807) is 0 Å². The van der Waals surface area contributed by atoms with E-state index < -0.39 is 0 Å². The maximum absolute atomic E-state index is 13.9. The summed E-state index contributed by atoms with van der Waals surface area (Å²) in [5, 5.41) is 2.30. The Balaban J connectivity index is 1.19. The number of benzene rings is 3. The molecule has 0 saturated carbocycles. The molecule has 8 heteroatoms. The van der Waals surface area contributed by atoms with Crippen LogP contribution >= 0.6 is 0 Å². The van der Waals surface area contributed by atoms with Crippen LogP contribution in [0.5, 0.6) is 0 Å². The van der Waals surface area contributed by atoms with Crippen LogP contribution in [0.2, 0.25) is 0 Å². The standard InChI is InChI=1S/C35H37N5O3/c1-26-34(40(25-36-26)21-27-9-11-29(12-10-27)38-13-17-42-18-14-38)24-37-22-32(31-8-4-6-28-5-2-3-7-30(28)31)33(23-37)35(41)39-15-19-43-20-16-39/h2-12,22-23,25H,13-21,24H2,1H3. The summed E-state index contributed by atoms with van der Waals surface area (Å²) in [5.41, 5.74) is 7.33. The van der Waals surface area contributed by atoms with Gasteiger partial charge in [0, 0.05) is 56.4 Å². The summed E-state index contributed by atoms with van der Waals surface area (Å²) in [6.07, 6.45) is 6.07. The molecule has 0 unspecified atom stereocenters. The molecule has 3 aromatic carbocycles. The van der Waals surface area contributed by atoms with E-state index in [0.29, 0.717) is 32.8 Å². The van der Waals surface area contributed by atoms with Crippen molar-refractivity contribution in [3.05, 3.63) is 108 Å². The maximum Gasteiger partial charge on any atom is 0.256 e. The summed E-state index contributed by atoms with van der Waals surface area (Å²) in [6.45, 7) is 9.18. The van der Waals surface area contributed by atoms with Crippen LogP contribution in [0.4, 0.5) is 5.69 Å². The molecule has 43 heavy (non-hydrogen) atoms. The lowest BCUT2D eigenvalue weighted by Gasteiger charge is -2.29. The van der Waals surface area contributed by atoms with Crippen LogP contribution in [0.3, 0.4) is 0 Å². The topological polar surface area (TPSA) is 64.8 Å². The molecule has 2 fully saturated rings. The zero-order valence-electron chi connectivity index (χ0n) is 24.6. The Bertz CT molecular complexity index is 1720. The molecule has 8 nitrogen and oxygen atoms in total. The fraction of sp³-hybridized carbons (Fsp3) is 0.314. The van der Waals surface area contributed by atoms with Crippen molar-refractivity contribution in [3.8, 4) is 11.1 Å². The van der Waals surface area contributed by atoms with Crippen LogP contribution < -0.4 is 4.90 Å². The van der Waals surface area contributed by atoms with E-state index in [1.807, 2.05) is 17.4 Å². The highest BCUT2D eigenvalue weighted by Gasteiger charge is 2.25. The summed E-state index contributed by atoms with van der Waals surface area (Å²) in [4.78, 5) is 22.8. The van der Waals surface area contributed by atoms with Gasteiger partial charge >= 0.3 is 0 Å². The number of aromatic nitrogens is 3. The molecule has 5 aromatic rings. The van der Waals surface area contributed by atoms with Crippen molar-refractivity contribution < 1.29 is 14.3 Å². The molecule has 0 atom stereocenters. The van der Waals surface area contributed by atoms with Gasteiger partial charge in [-0.05, 0) is 41.0 Å². The van der Waals surface area contributed by atoms with Gasteiger partial charge in [-0.1, -0.05) is 54.6 Å². The Hall–Kier alpha value is -4.40. The first-order chi connectivity index (χ1) is 21.1. The van der Waals surface area contributed by atoms with E-state index in [-0.39, 0.29) is 5.91 Å². The average Bonchev–Trinajstić information content (AvgIpc) is 3.64. The number of nitrogens with zero attached hydrogens (tertiary/aromatic N) is 5. The predicted octanol–water partition coefficient (Wildman–Crippen LogP) is 5.22.